The molecule has 0 spiro atoms. The Hall–Kier alpha value is -2.09. The molecule has 0 unspecified atom stereocenters. The number of benzene rings is 1. The molecular formula is C15H14ClN3O4. The molecule has 1 fully saturated rings. The van der Waals surface area contributed by atoms with E-state index in [4.69, 9.17) is 21.2 Å². The smallest absolute Gasteiger partial charge is 0.257 e. The molecule has 4 rings (SSSR count). The zero-order chi connectivity index (χ0) is 16.0. The maximum Gasteiger partial charge on any atom is 0.257 e. The van der Waals surface area contributed by atoms with Crippen LogP contribution in [0.1, 0.15) is 5.56 Å². The third kappa shape index (κ3) is 2.28. The van der Waals surface area contributed by atoms with Gasteiger partial charge in [-0.1, -0.05) is 11.6 Å². The van der Waals surface area contributed by atoms with Gasteiger partial charge >= 0.3 is 0 Å². The minimum absolute atomic E-state index is 0.0893. The number of hydrogen-bond acceptors (Lipinski definition) is 6. The van der Waals surface area contributed by atoms with E-state index in [0.29, 0.717) is 42.7 Å². The van der Waals surface area contributed by atoms with Crippen LogP contribution in [-0.4, -0.2) is 31.3 Å². The van der Waals surface area contributed by atoms with Gasteiger partial charge in [0.25, 0.3) is 5.56 Å². The van der Waals surface area contributed by atoms with Crippen molar-refractivity contribution in [3.05, 3.63) is 43.3 Å². The monoisotopic (exact) mass is 335 g/mol. The highest BCUT2D eigenvalue weighted by Crippen LogP contribution is 2.32. The van der Waals surface area contributed by atoms with E-state index >= 15 is 0 Å². The lowest BCUT2D eigenvalue weighted by molar-refractivity contribution is 0.122. The largest absolute Gasteiger partial charge is 0.378 e. The average Bonchev–Trinajstić information content (AvgIpc) is 2.99. The first-order valence-corrected chi connectivity index (χ1v) is 7.67. The van der Waals surface area contributed by atoms with Crippen LogP contribution in [0.2, 0.25) is 5.02 Å². The van der Waals surface area contributed by atoms with Crippen molar-refractivity contribution in [1.82, 2.24) is 4.98 Å². The van der Waals surface area contributed by atoms with E-state index in [0.717, 1.165) is 5.69 Å². The Balaban J connectivity index is 2.03. The molecule has 1 aromatic heterocycles. The Labute approximate surface area is 135 Å². The summed E-state index contributed by atoms with van der Waals surface area (Å²) in [7, 11) is 0. The molecule has 23 heavy (non-hydrogen) atoms. The van der Waals surface area contributed by atoms with Gasteiger partial charge in [0.2, 0.25) is 0 Å². The summed E-state index contributed by atoms with van der Waals surface area (Å²) in [6.45, 7) is 2.69. The van der Waals surface area contributed by atoms with Crippen LogP contribution in [0.25, 0.3) is 10.8 Å². The third-order valence-electron chi connectivity index (χ3n) is 4.15. The van der Waals surface area contributed by atoms with Gasteiger partial charge in [0.15, 0.2) is 5.43 Å². The van der Waals surface area contributed by atoms with Gasteiger partial charge in [-0.05, 0) is 12.1 Å². The molecule has 1 aromatic carbocycles. The van der Waals surface area contributed by atoms with Gasteiger partial charge in [0.1, 0.15) is 12.4 Å². The van der Waals surface area contributed by atoms with Crippen molar-refractivity contribution in [2.75, 3.05) is 36.7 Å². The standard InChI is InChI=1S/C15H14ClN3O4/c16-12-10(19-3-5-22-6-4-19)2-1-8-11(12)13(20)9-7-23-18-14(9)17-15(8)21/h1-2,18H,3-7H2,(H,17,21). The van der Waals surface area contributed by atoms with Crippen LogP contribution in [0, 0.1) is 0 Å². The van der Waals surface area contributed by atoms with Crippen molar-refractivity contribution in [2.45, 2.75) is 6.61 Å². The summed E-state index contributed by atoms with van der Waals surface area (Å²) in [5.41, 5.74) is 2.99. The zero-order valence-electron chi connectivity index (χ0n) is 12.1. The molecule has 2 aromatic rings. The molecule has 8 heteroatoms. The van der Waals surface area contributed by atoms with Crippen molar-refractivity contribution >= 4 is 33.9 Å². The molecule has 0 aliphatic carbocycles. The molecule has 0 bridgehead atoms. The minimum atomic E-state index is -0.383. The van der Waals surface area contributed by atoms with E-state index in [2.05, 4.69) is 15.4 Å². The molecule has 0 radical (unpaired) electrons. The summed E-state index contributed by atoms with van der Waals surface area (Å²) in [6, 6.07) is 3.42. The van der Waals surface area contributed by atoms with E-state index in [-0.39, 0.29) is 28.4 Å². The Morgan fingerprint density at radius 1 is 1.17 bits per heavy atom. The number of aromatic amines is 1. The van der Waals surface area contributed by atoms with Crippen LogP contribution < -0.4 is 21.4 Å². The van der Waals surface area contributed by atoms with Crippen LogP contribution in [0.5, 0.6) is 0 Å². The van der Waals surface area contributed by atoms with Crippen molar-refractivity contribution < 1.29 is 9.57 Å². The van der Waals surface area contributed by atoms with Crippen molar-refractivity contribution in [3.63, 3.8) is 0 Å². The van der Waals surface area contributed by atoms with E-state index in [1.165, 1.54) is 0 Å². The maximum atomic E-state index is 12.8. The van der Waals surface area contributed by atoms with Crippen LogP contribution in [0.4, 0.5) is 11.5 Å². The Bertz CT molecular complexity index is 906. The number of rotatable bonds is 1. The molecule has 7 nitrogen and oxygen atoms in total. The van der Waals surface area contributed by atoms with Crippen LogP contribution >= 0.6 is 11.6 Å². The number of aromatic nitrogens is 1. The number of halogens is 1. The van der Waals surface area contributed by atoms with E-state index in [1.54, 1.807) is 12.1 Å². The summed E-state index contributed by atoms with van der Waals surface area (Å²) in [5.74, 6) is 0.292. The number of morpholine rings is 1. The minimum Gasteiger partial charge on any atom is -0.378 e. The van der Waals surface area contributed by atoms with E-state index < -0.39 is 0 Å². The van der Waals surface area contributed by atoms with Crippen LogP contribution in [0.3, 0.4) is 0 Å². The molecule has 0 saturated carbocycles. The van der Waals surface area contributed by atoms with Gasteiger partial charge in [0.05, 0.1) is 40.3 Å². The van der Waals surface area contributed by atoms with Gasteiger partial charge in [-0.3, -0.25) is 14.4 Å². The van der Waals surface area contributed by atoms with E-state index in [9.17, 15) is 9.59 Å². The molecule has 2 N–H and O–H groups in total. The van der Waals surface area contributed by atoms with E-state index in [1.807, 2.05) is 0 Å². The zero-order valence-corrected chi connectivity index (χ0v) is 12.9. The fourth-order valence-corrected chi connectivity index (χ4v) is 3.32. The van der Waals surface area contributed by atoms with Crippen molar-refractivity contribution in [3.8, 4) is 0 Å². The average molecular weight is 336 g/mol. The van der Waals surface area contributed by atoms with Gasteiger partial charge in [-0.2, -0.15) is 0 Å². The predicted molar refractivity (Wildman–Crippen MR) is 87.3 cm³/mol. The molecule has 2 aliphatic heterocycles. The second-order valence-corrected chi connectivity index (χ2v) is 5.83. The number of anilines is 2. The Kier molecular flexibility index (Phi) is 3.48. The number of H-pyrrole nitrogens is 1. The first kappa shape index (κ1) is 14.5. The molecule has 1 saturated heterocycles. The highest BCUT2D eigenvalue weighted by atomic mass is 35.5. The quantitative estimate of drug-likeness (QED) is 0.815. The Morgan fingerprint density at radius 2 is 1.96 bits per heavy atom. The number of hydrogen-bond donors (Lipinski definition) is 2. The van der Waals surface area contributed by atoms with Gasteiger partial charge in [-0.15, -0.1) is 0 Å². The van der Waals surface area contributed by atoms with Gasteiger partial charge in [0, 0.05) is 13.1 Å². The summed E-state index contributed by atoms with van der Waals surface area (Å²) >= 11 is 6.52. The van der Waals surface area contributed by atoms with Gasteiger partial charge in [-0.25, -0.2) is 5.48 Å². The second kappa shape index (κ2) is 5.52. The topological polar surface area (TPSA) is 83.7 Å². The fraction of sp³-hybridized carbons (Fsp3) is 0.333. The lowest BCUT2D eigenvalue weighted by Crippen LogP contribution is -2.36. The van der Waals surface area contributed by atoms with Crippen LogP contribution in [0.15, 0.2) is 21.7 Å². The van der Waals surface area contributed by atoms with Crippen LogP contribution in [-0.2, 0) is 16.2 Å². The summed E-state index contributed by atoms with van der Waals surface area (Å²) in [4.78, 5) is 34.9. The highest BCUT2D eigenvalue weighted by molar-refractivity contribution is 6.38. The predicted octanol–water partition coefficient (Wildman–Crippen LogP) is 1.24. The molecule has 2 aliphatic rings. The summed E-state index contributed by atoms with van der Waals surface area (Å²) in [5, 5.41) is 0.795. The SMILES string of the molecule is O=c1[nH]c2c(c(=O)c3c(Cl)c(N4CCOCC4)ccc13)CON2. The molecule has 0 atom stereocenters. The fourth-order valence-electron chi connectivity index (χ4n) is 2.95. The highest BCUT2D eigenvalue weighted by Gasteiger charge is 2.22. The number of nitrogens with zero attached hydrogens (tertiary/aromatic N) is 1. The second-order valence-electron chi connectivity index (χ2n) is 5.45. The summed E-state index contributed by atoms with van der Waals surface area (Å²) < 4.78 is 5.34. The summed E-state index contributed by atoms with van der Waals surface area (Å²) in [6.07, 6.45) is 0. The van der Waals surface area contributed by atoms with Crippen molar-refractivity contribution in [2.24, 2.45) is 0 Å². The molecular weight excluding hydrogens is 322 g/mol. The number of ether oxygens (including phenoxy) is 1. The molecule has 3 heterocycles. The Morgan fingerprint density at radius 3 is 2.74 bits per heavy atom. The van der Waals surface area contributed by atoms with Crippen molar-refractivity contribution in [1.29, 1.82) is 0 Å². The molecule has 120 valence electrons. The lowest BCUT2D eigenvalue weighted by atomic mass is 10.1. The first-order chi connectivity index (χ1) is 11.2. The first-order valence-electron chi connectivity index (χ1n) is 7.29. The van der Waals surface area contributed by atoms with Gasteiger partial charge < -0.3 is 14.6 Å². The number of fused-ring (bicyclic) bond motifs is 2. The third-order valence-corrected chi connectivity index (χ3v) is 4.53. The maximum absolute atomic E-state index is 12.8. The molecule has 0 amide bonds. The number of nitrogens with one attached hydrogen (secondary N) is 2. The normalized spacial score (nSPS) is 17.2. The lowest BCUT2D eigenvalue weighted by Gasteiger charge is -2.29.